The molecule has 0 radical (unpaired) electrons. The predicted molar refractivity (Wildman–Crippen MR) is 67.8 cm³/mol. The Labute approximate surface area is 127 Å². The molecule has 1 atom stereocenters. The Kier molecular flexibility index (Phi) is 9.37. The molecule has 130 valence electrons. The van der Waals surface area contributed by atoms with Crippen molar-refractivity contribution >= 4 is 19.8 Å². The summed E-state index contributed by atoms with van der Waals surface area (Å²) in [7, 11) is -0.390. The van der Waals surface area contributed by atoms with E-state index in [2.05, 4.69) is 23.9 Å². The first kappa shape index (κ1) is 20.9. The van der Waals surface area contributed by atoms with Crippen LogP contribution in [0.1, 0.15) is 12.8 Å². The first-order chi connectivity index (χ1) is 10.2. The largest absolute Gasteiger partial charge is 0.755 e. The van der Waals surface area contributed by atoms with E-state index in [0.717, 1.165) is 21.3 Å². The summed E-state index contributed by atoms with van der Waals surface area (Å²) in [5.41, 5.74) is -0.0378. The Morgan fingerprint density at radius 2 is 1.64 bits per heavy atom. The smallest absolute Gasteiger partial charge is 0.308 e. The SMILES string of the molecule is CNOP(=O)([O-])OC(COOC)(CC(=O)OC)CC(=O)OC. The second-order valence-electron chi connectivity index (χ2n) is 3.95. The Morgan fingerprint density at radius 3 is 2.00 bits per heavy atom. The van der Waals surface area contributed by atoms with E-state index in [4.69, 9.17) is 4.52 Å². The third-order valence-corrected chi connectivity index (χ3v) is 3.35. The molecule has 0 aliphatic carbocycles. The summed E-state index contributed by atoms with van der Waals surface area (Å²) in [5.74, 6) is -1.68. The van der Waals surface area contributed by atoms with Crippen LogP contribution in [0.3, 0.4) is 0 Å². The van der Waals surface area contributed by atoms with E-state index in [1.165, 1.54) is 7.05 Å². The van der Waals surface area contributed by atoms with Crippen molar-refractivity contribution in [1.29, 1.82) is 0 Å². The van der Waals surface area contributed by atoms with Gasteiger partial charge in [-0.15, -0.1) is 0 Å². The van der Waals surface area contributed by atoms with Gasteiger partial charge in [-0.25, -0.2) is 14.4 Å². The number of hydrogen-bond donors (Lipinski definition) is 1. The number of phosphoric ester groups is 1. The second kappa shape index (κ2) is 9.85. The third-order valence-electron chi connectivity index (χ3n) is 2.34. The number of hydrogen-bond acceptors (Lipinski definition) is 11. The third kappa shape index (κ3) is 7.80. The molecule has 0 bridgehead atoms. The van der Waals surface area contributed by atoms with Crippen molar-refractivity contribution in [3.63, 3.8) is 0 Å². The first-order valence-corrected chi connectivity index (χ1v) is 7.36. The van der Waals surface area contributed by atoms with E-state index in [1.807, 2.05) is 5.48 Å². The highest BCUT2D eigenvalue weighted by Gasteiger charge is 2.42. The van der Waals surface area contributed by atoms with E-state index in [9.17, 15) is 19.0 Å². The zero-order valence-electron chi connectivity index (χ0n) is 12.7. The van der Waals surface area contributed by atoms with Crippen molar-refractivity contribution in [2.24, 2.45) is 0 Å². The molecule has 12 heteroatoms. The van der Waals surface area contributed by atoms with Gasteiger partial charge in [0, 0.05) is 7.05 Å². The average Bonchev–Trinajstić information content (AvgIpc) is 2.44. The van der Waals surface area contributed by atoms with Gasteiger partial charge in [0.25, 0.3) is 7.82 Å². The van der Waals surface area contributed by atoms with Crippen molar-refractivity contribution in [2.75, 3.05) is 35.0 Å². The zero-order chi connectivity index (χ0) is 17.2. The van der Waals surface area contributed by atoms with E-state index < -0.39 is 44.8 Å². The molecule has 0 aromatic carbocycles. The zero-order valence-corrected chi connectivity index (χ0v) is 13.5. The molecule has 0 aromatic rings. The fourth-order valence-corrected chi connectivity index (χ4v) is 2.38. The van der Waals surface area contributed by atoms with Gasteiger partial charge in [0.1, 0.15) is 12.2 Å². The lowest BCUT2D eigenvalue weighted by Gasteiger charge is -2.35. The van der Waals surface area contributed by atoms with E-state index in [0.29, 0.717) is 0 Å². The quantitative estimate of drug-likeness (QED) is 0.215. The van der Waals surface area contributed by atoms with Gasteiger partial charge in [-0.3, -0.25) is 14.2 Å². The number of methoxy groups -OCH3 is 2. The van der Waals surface area contributed by atoms with Crippen LogP contribution in [-0.2, 0) is 42.6 Å². The molecular formula is C10H19NO10P-. The summed E-state index contributed by atoms with van der Waals surface area (Å²) in [5, 5.41) is 0. The van der Waals surface area contributed by atoms with Gasteiger partial charge in [-0.1, -0.05) is 0 Å². The molecule has 0 heterocycles. The fraction of sp³-hybridized carbons (Fsp3) is 0.800. The maximum absolute atomic E-state index is 11.7. The highest BCUT2D eigenvalue weighted by atomic mass is 31.2. The van der Waals surface area contributed by atoms with Gasteiger partial charge < -0.3 is 18.9 Å². The second-order valence-corrected chi connectivity index (χ2v) is 5.21. The molecule has 1 unspecified atom stereocenters. The number of carbonyl (C=O) groups excluding carboxylic acids is 2. The Hall–Kier alpha value is -1.07. The minimum Gasteiger partial charge on any atom is -0.755 e. The minimum absolute atomic E-state index is 0.576. The molecule has 11 nitrogen and oxygen atoms in total. The van der Waals surface area contributed by atoms with Gasteiger partial charge >= 0.3 is 11.9 Å². The molecule has 0 saturated heterocycles. The number of nitrogens with one attached hydrogen (secondary N) is 1. The molecule has 0 aromatic heterocycles. The van der Waals surface area contributed by atoms with Crippen molar-refractivity contribution in [3.8, 4) is 0 Å². The summed E-state index contributed by atoms with van der Waals surface area (Å²) in [6.07, 6.45) is -1.25. The van der Waals surface area contributed by atoms with E-state index in [1.54, 1.807) is 0 Å². The molecule has 0 spiro atoms. The molecule has 0 saturated carbocycles. The first-order valence-electron chi connectivity index (χ1n) is 5.90. The number of carbonyl (C=O) groups is 2. The minimum atomic E-state index is -4.90. The fourth-order valence-electron chi connectivity index (χ4n) is 1.46. The van der Waals surface area contributed by atoms with Crippen LogP contribution in [0.2, 0.25) is 0 Å². The maximum Gasteiger partial charge on any atom is 0.308 e. The number of phosphoric acid groups is 1. The molecule has 0 fully saturated rings. The van der Waals surface area contributed by atoms with Crippen molar-refractivity contribution in [1.82, 2.24) is 5.48 Å². The van der Waals surface area contributed by atoms with Gasteiger partial charge in [0.15, 0.2) is 0 Å². The van der Waals surface area contributed by atoms with E-state index in [-0.39, 0.29) is 0 Å². The maximum atomic E-state index is 11.7. The summed E-state index contributed by atoms with van der Waals surface area (Å²) in [6.45, 7) is -0.576. The molecular weight excluding hydrogens is 325 g/mol. The highest BCUT2D eigenvalue weighted by molar-refractivity contribution is 7.45. The van der Waals surface area contributed by atoms with Gasteiger partial charge in [0.2, 0.25) is 0 Å². The lowest BCUT2D eigenvalue weighted by Crippen LogP contribution is -2.43. The van der Waals surface area contributed by atoms with Crippen LogP contribution in [0.4, 0.5) is 0 Å². The summed E-state index contributed by atoms with van der Waals surface area (Å²) in [4.78, 5) is 43.7. The number of ether oxygens (including phenoxy) is 2. The normalized spacial score (nSPS) is 14.2. The molecule has 0 aliphatic heterocycles. The van der Waals surface area contributed by atoms with Crippen LogP contribution in [0.5, 0.6) is 0 Å². The van der Waals surface area contributed by atoms with Crippen LogP contribution >= 0.6 is 7.82 Å². The lowest BCUT2D eigenvalue weighted by molar-refractivity contribution is -0.305. The Balaban J connectivity index is 5.44. The van der Waals surface area contributed by atoms with Crippen LogP contribution in [0, 0.1) is 0 Å². The predicted octanol–water partition coefficient (Wildman–Crippen LogP) is -0.935. The summed E-state index contributed by atoms with van der Waals surface area (Å²) < 4.78 is 29.6. The number of hydroxylamine groups is 1. The molecule has 0 rings (SSSR count). The monoisotopic (exact) mass is 344 g/mol. The van der Waals surface area contributed by atoms with Gasteiger partial charge in [0.05, 0.1) is 34.2 Å². The highest BCUT2D eigenvalue weighted by Crippen LogP contribution is 2.44. The van der Waals surface area contributed by atoms with Crippen LogP contribution in [0.25, 0.3) is 0 Å². The molecule has 0 aliphatic rings. The topological polar surface area (TPSA) is 142 Å². The van der Waals surface area contributed by atoms with Crippen molar-refractivity contribution in [3.05, 3.63) is 0 Å². The van der Waals surface area contributed by atoms with Crippen LogP contribution < -0.4 is 10.4 Å². The van der Waals surface area contributed by atoms with Gasteiger partial charge in [-0.05, 0) is 0 Å². The lowest BCUT2D eigenvalue weighted by atomic mass is 9.97. The summed E-state index contributed by atoms with van der Waals surface area (Å²) in [6, 6.07) is 0. The Morgan fingerprint density at radius 1 is 1.14 bits per heavy atom. The number of esters is 2. The van der Waals surface area contributed by atoms with Crippen molar-refractivity contribution in [2.45, 2.75) is 18.4 Å². The molecule has 22 heavy (non-hydrogen) atoms. The van der Waals surface area contributed by atoms with Crippen LogP contribution in [0.15, 0.2) is 0 Å². The molecule has 0 amide bonds. The number of rotatable bonds is 11. The van der Waals surface area contributed by atoms with Gasteiger partial charge in [-0.2, -0.15) is 5.48 Å². The molecule has 1 N–H and O–H groups in total. The van der Waals surface area contributed by atoms with E-state index >= 15 is 0 Å². The Bertz CT molecular complexity index is 397. The van der Waals surface area contributed by atoms with Crippen molar-refractivity contribution < 1.29 is 47.4 Å². The average molecular weight is 344 g/mol. The summed E-state index contributed by atoms with van der Waals surface area (Å²) >= 11 is 0. The van der Waals surface area contributed by atoms with Crippen LogP contribution in [-0.4, -0.2) is 52.5 Å². The standard InChI is InChI=1S/C10H20NO10P/c1-11-21-22(14,15)20-10(7-19-18-4,5-8(12)16-2)6-9(13)17-3/h11H,5-7H2,1-4H3,(H,14,15)/p-1.